The smallest absolute Gasteiger partial charge is 0.127 e. The van der Waals surface area contributed by atoms with Crippen LogP contribution in [0.4, 0.5) is 0 Å². The molecule has 0 spiro atoms. The van der Waals surface area contributed by atoms with E-state index in [4.69, 9.17) is 0 Å². The molecule has 3 rings (SSSR count). The molecule has 0 unspecified atom stereocenters. The van der Waals surface area contributed by atoms with E-state index in [1.165, 1.54) is 31.4 Å². The van der Waals surface area contributed by atoms with E-state index >= 15 is 0 Å². The zero-order chi connectivity index (χ0) is 15.5. The first kappa shape index (κ1) is 21.2. The van der Waals surface area contributed by atoms with Crippen LogP contribution in [0.5, 0.6) is 17.2 Å². The van der Waals surface area contributed by atoms with Crippen LogP contribution in [0.15, 0.2) is 12.1 Å². The number of halogens is 2. The second kappa shape index (κ2) is 9.56. The van der Waals surface area contributed by atoms with E-state index in [2.05, 4.69) is 10.2 Å². The summed E-state index contributed by atoms with van der Waals surface area (Å²) in [7, 11) is 0. The Hall–Kier alpha value is -0.880. The molecular formula is C17H28Cl2N2O3. The minimum absolute atomic E-state index is 0. The Bertz CT molecular complexity index is 478. The molecule has 1 aliphatic carbocycles. The maximum atomic E-state index is 10.3. The van der Waals surface area contributed by atoms with Crippen LogP contribution in [0.2, 0.25) is 0 Å². The predicted molar refractivity (Wildman–Crippen MR) is 99.7 cm³/mol. The SMILES string of the molecule is Cl.Cl.Oc1cc(O)c([C@@H](C2CCCCC2)N2CCNCC2)c(O)c1. The fourth-order valence-corrected chi connectivity index (χ4v) is 4.04. The van der Waals surface area contributed by atoms with Crippen LogP contribution in [-0.2, 0) is 0 Å². The van der Waals surface area contributed by atoms with Crippen molar-refractivity contribution in [2.24, 2.45) is 5.92 Å². The van der Waals surface area contributed by atoms with Crippen LogP contribution in [0.1, 0.15) is 43.7 Å². The highest BCUT2D eigenvalue weighted by molar-refractivity contribution is 5.85. The number of rotatable bonds is 3. The third-order valence-corrected chi connectivity index (χ3v) is 5.06. The van der Waals surface area contributed by atoms with E-state index in [0.717, 1.165) is 39.0 Å². The van der Waals surface area contributed by atoms with Gasteiger partial charge >= 0.3 is 0 Å². The van der Waals surface area contributed by atoms with Crippen molar-refractivity contribution in [3.63, 3.8) is 0 Å². The first-order chi connectivity index (χ1) is 10.7. The molecule has 24 heavy (non-hydrogen) atoms. The number of hydrogen-bond donors (Lipinski definition) is 4. The standard InChI is InChI=1S/C17H26N2O3.2ClH/c20-13-10-14(21)16(15(22)11-13)17(12-4-2-1-3-5-12)19-8-6-18-7-9-19;;/h10-12,17-18,20-22H,1-9H2;2*1H/t17-;;/m1../s1. The molecule has 2 aliphatic rings. The highest BCUT2D eigenvalue weighted by Crippen LogP contribution is 2.46. The second-order valence-corrected chi connectivity index (χ2v) is 6.53. The van der Waals surface area contributed by atoms with Gasteiger partial charge in [0, 0.05) is 44.4 Å². The number of phenolic OH excluding ortho intramolecular Hbond substituents is 3. The Morgan fingerprint density at radius 1 is 0.917 bits per heavy atom. The van der Waals surface area contributed by atoms with Gasteiger partial charge < -0.3 is 20.6 Å². The third-order valence-electron chi connectivity index (χ3n) is 5.06. The van der Waals surface area contributed by atoms with Gasteiger partial charge in [0.25, 0.3) is 0 Å². The molecule has 0 amide bonds. The normalized spacial score (nSPS) is 20.7. The Kier molecular flexibility index (Phi) is 8.43. The van der Waals surface area contributed by atoms with Crippen LogP contribution >= 0.6 is 24.8 Å². The molecule has 138 valence electrons. The van der Waals surface area contributed by atoms with Gasteiger partial charge in [-0.05, 0) is 18.8 Å². The lowest BCUT2D eigenvalue weighted by Crippen LogP contribution is -2.47. The molecule has 0 aromatic heterocycles. The molecule has 4 N–H and O–H groups in total. The van der Waals surface area contributed by atoms with E-state index in [1.54, 1.807) is 0 Å². The van der Waals surface area contributed by atoms with Crippen LogP contribution in [0.25, 0.3) is 0 Å². The number of nitrogens with one attached hydrogen (secondary N) is 1. The maximum Gasteiger partial charge on any atom is 0.127 e. The van der Waals surface area contributed by atoms with Crippen LogP contribution < -0.4 is 5.32 Å². The first-order valence-corrected chi connectivity index (χ1v) is 8.36. The molecule has 7 heteroatoms. The fraction of sp³-hybridized carbons (Fsp3) is 0.647. The van der Waals surface area contributed by atoms with Gasteiger partial charge in [0.1, 0.15) is 17.2 Å². The largest absolute Gasteiger partial charge is 0.508 e. The minimum Gasteiger partial charge on any atom is -0.508 e. The molecule has 2 fully saturated rings. The average molecular weight is 379 g/mol. The van der Waals surface area contributed by atoms with Crippen LogP contribution in [-0.4, -0.2) is 46.4 Å². The summed E-state index contributed by atoms with van der Waals surface area (Å²) in [6.07, 6.45) is 5.97. The fourth-order valence-electron chi connectivity index (χ4n) is 4.04. The molecule has 5 nitrogen and oxygen atoms in total. The summed E-state index contributed by atoms with van der Waals surface area (Å²) in [4.78, 5) is 2.37. The summed E-state index contributed by atoms with van der Waals surface area (Å²) in [5.41, 5.74) is 0.589. The van der Waals surface area contributed by atoms with Gasteiger partial charge in [0.2, 0.25) is 0 Å². The average Bonchev–Trinajstić information content (AvgIpc) is 2.52. The zero-order valence-corrected chi connectivity index (χ0v) is 15.4. The third kappa shape index (κ3) is 4.60. The number of piperazine rings is 1. The molecule has 1 atom stereocenters. The van der Waals surface area contributed by atoms with E-state index in [-0.39, 0.29) is 48.1 Å². The molecule has 0 radical (unpaired) electrons. The number of aromatic hydroxyl groups is 3. The number of phenols is 3. The highest BCUT2D eigenvalue weighted by atomic mass is 35.5. The van der Waals surface area contributed by atoms with Crippen molar-refractivity contribution in [1.29, 1.82) is 0 Å². The summed E-state index contributed by atoms with van der Waals surface area (Å²) in [5, 5.41) is 33.6. The van der Waals surface area contributed by atoms with Crippen molar-refractivity contribution in [3.8, 4) is 17.2 Å². The van der Waals surface area contributed by atoms with Crippen molar-refractivity contribution in [3.05, 3.63) is 17.7 Å². The van der Waals surface area contributed by atoms with E-state index < -0.39 is 0 Å². The van der Waals surface area contributed by atoms with E-state index in [0.29, 0.717) is 11.5 Å². The van der Waals surface area contributed by atoms with E-state index in [9.17, 15) is 15.3 Å². The Morgan fingerprint density at radius 3 is 2.00 bits per heavy atom. The van der Waals surface area contributed by atoms with Crippen molar-refractivity contribution in [2.45, 2.75) is 38.1 Å². The quantitative estimate of drug-likeness (QED) is 0.649. The molecule has 1 saturated heterocycles. The molecular weight excluding hydrogens is 351 g/mol. The van der Waals surface area contributed by atoms with E-state index in [1.807, 2.05) is 0 Å². The van der Waals surface area contributed by atoms with Crippen molar-refractivity contribution in [1.82, 2.24) is 10.2 Å². The monoisotopic (exact) mass is 378 g/mol. The Balaban J connectivity index is 0.00000144. The Morgan fingerprint density at radius 2 is 1.46 bits per heavy atom. The molecule has 1 aromatic rings. The zero-order valence-electron chi connectivity index (χ0n) is 13.8. The molecule has 1 heterocycles. The van der Waals surface area contributed by atoms with Crippen molar-refractivity contribution in [2.75, 3.05) is 26.2 Å². The van der Waals surface area contributed by atoms with Crippen molar-refractivity contribution < 1.29 is 15.3 Å². The van der Waals surface area contributed by atoms with Crippen LogP contribution in [0.3, 0.4) is 0 Å². The Labute approximate surface area is 155 Å². The van der Waals surface area contributed by atoms with Gasteiger partial charge in [0.05, 0.1) is 5.56 Å². The molecule has 1 aromatic carbocycles. The summed E-state index contributed by atoms with van der Waals surface area (Å²) >= 11 is 0. The first-order valence-electron chi connectivity index (χ1n) is 8.36. The van der Waals surface area contributed by atoms with Crippen molar-refractivity contribution >= 4 is 24.8 Å². The highest BCUT2D eigenvalue weighted by Gasteiger charge is 2.34. The van der Waals surface area contributed by atoms with Gasteiger partial charge in [-0.1, -0.05) is 19.3 Å². The van der Waals surface area contributed by atoms with Gasteiger partial charge in [-0.2, -0.15) is 0 Å². The summed E-state index contributed by atoms with van der Waals surface area (Å²) in [5.74, 6) is 0.368. The van der Waals surface area contributed by atoms with Gasteiger partial charge in [-0.3, -0.25) is 4.90 Å². The summed E-state index contributed by atoms with van der Waals surface area (Å²) in [6, 6.07) is 2.71. The predicted octanol–water partition coefficient (Wildman–Crippen LogP) is 3.17. The summed E-state index contributed by atoms with van der Waals surface area (Å²) in [6.45, 7) is 3.70. The molecule has 1 aliphatic heterocycles. The lowest BCUT2D eigenvalue weighted by atomic mass is 9.79. The number of nitrogens with zero attached hydrogens (tertiary/aromatic N) is 1. The second-order valence-electron chi connectivity index (χ2n) is 6.53. The summed E-state index contributed by atoms with van der Waals surface area (Å²) < 4.78 is 0. The minimum atomic E-state index is -0.0959. The topological polar surface area (TPSA) is 76.0 Å². The lowest BCUT2D eigenvalue weighted by molar-refractivity contribution is 0.0991. The van der Waals surface area contributed by atoms with Gasteiger partial charge in [0.15, 0.2) is 0 Å². The van der Waals surface area contributed by atoms with Gasteiger partial charge in [-0.15, -0.1) is 24.8 Å². The molecule has 1 saturated carbocycles. The number of benzene rings is 1. The molecule has 0 bridgehead atoms. The van der Waals surface area contributed by atoms with Crippen LogP contribution in [0, 0.1) is 5.92 Å². The lowest BCUT2D eigenvalue weighted by Gasteiger charge is -2.41. The maximum absolute atomic E-state index is 10.3. The number of hydrogen-bond acceptors (Lipinski definition) is 5. The van der Waals surface area contributed by atoms with Gasteiger partial charge in [-0.25, -0.2) is 0 Å².